The van der Waals surface area contributed by atoms with E-state index < -0.39 is 0 Å². The van der Waals surface area contributed by atoms with Crippen LogP contribution in [-0.4, -0.2) is 29.2 Å². The molecule has 1 saturated heterocycles. The van der Waals surface area contributed by atoms with E-state index in [-0.39, 0.29) is 0 Å². The number of aliphatic imine (C=N–C) groups is 1. The number of aryl methyl sites for hydroxylation is 1. The van der Waals surface area contributed by atoms with Crippen LogP contribution in [0, 0.1) is 6.92 Å². The summed E-state index contributed by atoms with van der Waals surface area (Å²) < 4.78 is 0. The molecule has 0 saturated carbocycles. The van der Waals surface area contributed by atoms with Crippen molar-refractivity contribution in [3.8, 4) is 0 Å². The maximum absolute atomic E-state index is 5.60. The van der Waals surface area contributed by atoms with Crippen LogP contribution in [0.25, 0.3) is 0 Å². The second-order valence-electron chi connectivity index (χ2n) is 4.74. The van der Waals surface area contributed by atoms with E-state index in [4.69, 9.17) is 12.2 Å². The number of nitrogens with zero attached hydrogens (tertiary/aromatic N) is 2. The van der Waals surface area contributed by atoms with Crippen molar-refractivity contribution in [3.05, 3.63) is 29.3 Å². The van der Waals surface area contributed by atoms with Crippen molar-refractivity contribution in [1.29, 1.82) is 0 Å². The second kappa shape index (κ2) is 6.10. The Morgan fingerprint density at radius 3 is 2.67 bits per heavy atom. The van der Waals surface area contributed by atoms with Gasteiger partial charge in [-0.1, -0.05) is 24.4 Å². The van der Waals surface area contributed by atoms with Crippen LogP contribution < -0.4 is 0 Å². The number of benzene rings is 1. The summed E-state index contributed by atoms with van der Waals surface area (Å²) in [6.07, 6.45) is 5.67. The molecule has 1 fully saturated rings. The van der Waals surface area contributed by atoms with Crippen molar-refractivity contribution in [3.63, 3.8) is 0 Å². The van der Waals surface area contributed by atoms with Crippen molar-refractivity contribution >= 4 is 29.1 Å². The fourth-order valence-electron chi connectivity index (χ4n) is 2.30. The van der Waals surface area contributed by atoms with Crippen LogP contribution >= 0.6 is 12.2 Å². The molecule has 0 amide bonds. The lowest BCUT2D eigenvalue weighted by atomic mass is 10.1. The first-order chi connectivity index (χ1) is 8.72. The largest absolute Gasteiger partial charge is 0.362 e. The van der Waals surface area contributed by atoms with Crippen LogP contribution in [0.3, 0.4) is 0 Å². The molecule has 1 aliphatic rings. The van der Waals surface area contributed by atoms with E-state index in [1.807, 2.05) is 13.1 Å². The average molecular weight is 260 g/mol. The highest BCUT2D eigenvalue weighted by molar-refractivity contribution is 7.80. The first-order valence-corrected chi connectivity index (χ1v) is 7.02. The van der Waals surface area contributed by atoms with Gasteiger partial charge in [-0.3, -0.25) is 4.99 Å². The molecule has 0 spiro atoms. The SMILES string of the molecule is CC=Nc1cc(C(=S)N2CCCCC2)ccc1C. The molecular weight excluding hydrogens is 240 g/mol. The van der Waals surface area contributed by atoms with Gasteiger partial charge in [0.1, 0.15) is 4.99 Å². The van der Waals surface area contributed by atoms with Crippen LogP contribution in [-0.2, 0) is 0 Å². The van der Waals surface area contributed by atoms with Gasteiger partial charge in [-0.2, -0.15) is 0 Å². The van der Waals surface area contributed by atoms with Crippen LogP contribution in [0.2, 0.25) is 0 Å². The molecule has 1 aromatic carbocycles. The van der Waals surface area contributed by atoms with Crippen molar-refractivity contribution in [1.82, 2.24) is 4.90 Å². The van der Waals surface area contributed by atoms with Crippen molar-refractivity contribution < 1.29 is 0 Å². The molecular formula is C15H20N2S. The standard InChI is InChI=1S/C15H20N2S/c1-3-16-14-11-13(8-7-12(14)2)15(18)17-9-5-4-6-10-17/h3,7-8,11H,4-6,9-10H2,1-2H3. The molecule has 0 bridgehead atoms. The Morgan fingerprint density at radius 1 is 1.28 bits per heavy atom. The number of rotatable bonds is 2. The summed E-state index contributed by atoms with van der Waals surface area (Å²) >= 11 is 5.60. The van der Waals surface area contributed by atoms with Gasteiger partial charge in [0.2, 0.25) is 0 Å². The molecule has 0 N–H and O–H groups in total. The summed E-state index contributed by atoms with van der Waals surface area (Å²) in [5, 5.41) is 0. The first-order valence-electron chi connectivity index (χ1n) is 6.61. The average Bonchev–Trinajstić information content (AvgIpc) is 2.42. The molecule has 18 heavy (non-hydrogen) atoms. The minimum atomic E-state index is 0.974. The smallest absolute Gasteiger partial charge is 0.109 e. The summed E-state index contributed by atoms with van der Waals surface area (Å²) in [5.41, 5.74) is 3.34. The lowest BCUT2D eigenvalue weighted by molar-refractivity contribution is 0.347. The highest BCUT2D eigenvalue weighted by atomic mass is 32.1. The van der Waals surface area contributed by atoms with E-state index in [2.05, 4.69) is 35.0 Å². The Hall–Kier alpha value is -1.22. The zero-order chi connectivity index (χ0) is 13.0. The van der Waals surface area contributed by atoms with Crippen molar-refractivity contribution in [2.24, 2.45) is 4.99 Å². The van der Waals surface area contributed by atoms with Gasteiger partial charge in [-0.25, -0.2) is 0 Å². The fourth-order valence-corrected chi connectivity index (χ4v) is 2.61. The van der Waals surface area contributed by atoms with Crippen molar-refractivity contribution in [2.45, 2.75) is 33.1 Å². The maximum atomic E-state index is 5.60. The highest BCUT2D eigenvalue weighted by Crippen LogP contribution is 2.22. The molecule has 2 nitrogen and oxygen atoms in total. The Bertz CT molecular complexity index is 460. The summed E-state index contributed by atoms with van der Waals surface area (Å²) in [4.78, 5) is 7.69. The van der Waals surface area contributed by atoms with E-state index in [0.717, 1.165) is 29.3 Å². The third-order valence-corrected chi connectivity index (χ3v) is 3.86. The number of hydrogen-bond acceptors (Lipinski definition) is 2. The van der Waals surface area contributed by atoms with Gasteiger partial charge < -0.3 is 4.90 Å². The topological polar surface area (TPSA) is 15.6 Å². The van der Waals surface area contributed by atoms with Gasteiger partial charge in [0, 0.05) is 24.9 Å². The zero-order valence-corrected chi connectivity index (χ0v) is 12.0. The van der Waals surface area contributed by atoms with Gasteiger partial charge in [0.25, 0.3) is 0 Å². The summed E-state index contributed by atoms with van der Waals surface area (Å²) in [6.45, 7) is 6.21. The fraction of sp³-hybridized carbons (Fsp3) is 0.467. The quantitative estimate of drug-likeness (QED) is 0.592. The third kappa shape index (κ3) is 2.96. The Morgan fingerprint density at radius 2 is 2.00 bits per heavy atom. The lowest BCUT2D eigenvalue weighted by Gasteiger charge is -2.29. The Kier molecular flexibility index (Phi) is 4.48. The van der Waals surface area contributed by atoms with Crippen LogP contribution in [0.15, 0.2) is 23.2 Å². The summed E-state index contributed by atoms with van der Waals surface area (Å²) in [5.74, 6) is 0. The van der Waals surface area contributed by atoms with Crippen LogP contribution in [0.1, 0.15) is 37.3 Å². The maximum Gasteiger partial charge on any atom is 0.109 e. The Labute approximate surface area is 115 Å². The first kappa shape index (κ1) is 13.2. The minimum absolute atomic E-state index is 0.974. The molecule has 0 atom stereocenters. The lowest BCUT2D eigenvalue weighted by Crippen LogP contribution is -2.34. The van der Waals surface area contributed by atoms with Crippen LogP contribution in [0.5, 0.6) is 0 Å². The second-order valence-corrected chi connectivity index (χ2v) is 5.13. The zero-order valence-electron chi connectivity index (χ0n) is 11.1. The molecule has 0 aromatic heterocycles. The van der Waals surface area contributed by atoms with Gasteiger partial charge in [-0.15, -0.1) is 0 Å². The molecule has 0 unspecified atom stereocenters. The normalized spacial score (nSPS) is 16.2. The van der Waals surface area contributed by atoms with Gasteiger partial charge in [0.15, 0.2) is 0 Å². The number of likely N-dealkylation sites (tertiary alicyclic amines) is 1. The van der Waals surface area contributed by atoms with Gasteiger partial charge in [0.05, 0.1) is 5.69 Å². The summed E-state index contributed by atoms with van der Waals surface area (Å²) in [7, 11) is 0. The van der Waals surface area contributed by atoms with Gasteiger partial charge >= 0.3 is 0 Å². The van der Waals surface area contributed by atoms with E-state index in [1.165, 1.54) is 24.8 Å². The molecule has 1 aromatic rings. The summed E-state index contributed by atoms with van der Waals surface area (Å²) in [6, 6.07) is 6.32. The number of piperidine rings is 1. The number of hydrogen-bond donors (Lipinski definition) is 0. The van der Waals surface area contributed by atoms with Crippen LogP contribution in [0.4, 0.5) is 5.69 Å². The van der Waals surface area contributed by atoms with Gasteiger partial charge in [-0.05, 0) is 44.7 Å². The molecule has 1 aliphatic heterocycles. The number of thiocarbonyl (C=S) groups is 1. The van der Waals surface area contributed by atoms with E-state index >= 15 is 0 Å². The van der Waals surface area contributed by atoms with Crippen molar-refractivity contribution in [2.75, 3.05) is 13.1 Å². The minimum Gasteiger partial charge on any atom is -0.362 e. The molecule has 2 rings (SSSR count). The Balaban J connectivity index is 2.21. The molecule has 0 aliphatic carbocycles. The molecule has 0 radical (unpaired) electrons. The molecule has 3 heteroatoms. The predicted molar refractivity (Wildman–Crippen MR) is 82.1 cm³/mol. The molecule has 1 heterocycles. The third-order valence-electron chi connectivity index (χ3n) is 3.37. The highest BCUT2D eigenvalue weighted by Gasteiger charge is 2.15. The monoisotopic (exact) mass is 260 g/mol. The van der Waals surface area contributed by atoms with E-state index in [9.17, 15) is 0 Å². The predicted octanol–water partition coefficient (Wildman–Crippen LogP) is 3.88. The molecule has 96 valence electrons. The van der Waals surface area contributed by atoms with E-state index in [0.29, 0.717) is 0 Å². The van der Waals surface area contributed by atoms with E-state index in [1.54, 1.807) is 0 Å².